The molecule has 0 radical (unpaired) electrons. The number of rotatable bonds is 19. The Balaban J connectivity index is 3.04. The van der Waals surface area contributed by atoms with Gasteiger partial charge in [0.2, 0.25) is 0 Å². The lowest BCUT2D eigenvalue weighted by Gasteiger charge is -2.06. The van der Waals surface area contributed by atoms with Gasteiger partial charge in [0.05, 0.1) is 0 Å². The summed E-state index contributed by atoms with van der Waals surface area (Å²) in [5.41, 5.74) is 0. The molecule has 0 spiro atoms. The number of carbonyl (C=O) groups is 1. The van der Waals surface area contributed by atoms with Gasteiger partial charge in [-0.2, -0.15) is 11.8 Å². The second-order valence-corrected chi connectivity index (χ2v) is 8.69. The summed E-state index contributed by atoms with van der Waals surface area (Å²) in [7, 11) is 0. The van der Waals surface area contributed by atoms with Gasteiger partial charge in [-0.1, -0.05) is 104 Å². The van der Waals surface area contributed by atoms with E-state index in [1.165, 1.54) is 102 Å². The van der Waals surface area contributed by atoms with Crippen molar-refractivity contribution in [1.29, 1.82) is 0 Å². The van der Waals surface area contributed by atoms with E-state index in [0.717, 1.165) is 5.75 Å². The van der Waals surface area contributed by atoms with Gasteiger partial charge in [-0.3, -0.25) is 4.79 Å². The number of ketones is 1. The molecule has 0 aliphatic heterocycles. The lowest BCUT2D eigenvalue weighted by atomic mass is 10.0. The van der Waals surface area contributed by atoms with Crippen molar-refractivity contribution in [3.63, 3.8) is 0 Å². The van der Waals surface area contributed by atoms with Crippen LogP contribution in [-0.4, -0.2) is 17.3 Å². The first-order valence-corrected chi connectivity index (χ1v) is 11.9. The molecule has 0 aliphatic rings. The second kappa shape index (κ2) is 19.3. The van der Waals surface area contributed by atoms with Crippen LogP contribution in [0.25, 0.3) is 0 Å². The van der Waals surface area contributed by atoms with Gasteiger partial charge in [-0.15, -0.1) is 0 Å². The minimum absolute atomic E-state index is 0.242. The zero-order valence-electron chi connectivity index (χ0n) is 16.9. The van der Waals surface area contributed by atoms with E-state index in [-0.39, 0.29) is 5.92 Å². The SMILES string of the molecule is CCCCCCCCCCCCCCCCCSCC(C)C(C)=O. The van der Waals surface area contributed by atoms with Crippen LogP contribution >= 0.6 is 11.8 Å². The van der Waals surface area contributed by atoms with Crippen LogP contribution < -0.4 is 0 Å². The molecule has 0 rings (SSSR count). The zero-order chi connectivity index (χ0) is 17.9. The van der Waals surface area contributed by atoms with Crippen LogP contribution in [-0.2, 0) is 4.79 Å². The molecule has 1 unspecified atom stereocenters. The fourth-order valence-corrected chi connectivity index (χ4v) is 4.12. The largest absolute Gasteiger partial charge is 0.300 e. The summed E-state index contributed by atoms with van der Waals surface area (Å²) in [5, 5.41) is 0. The summed E-state index contributed by atoms with van der Waals surface area (Å²) >= 11 is 1.95. The van der Waals surface area contributed by atoms with Gasteiger partial charge in [0, 0.05) is 11.7 Å². The highest BCUT2D eigenvalue weighted by atomic mass is 32.2. The lowest BCUT2D eigenvalue weighted by molar-refractivity contribution is -0.119. The number of hydrogen-bond acceptors (Lipinski definition) is 2. The first-order chi connectivity index (χ1) is 11.7. The monoisotopic (exact) mass is 356 g/mol. The molecule has 1 nitrogen and oxygen atoms in total. The molecule has 0 fully saturated rings. The van der Waals surface area contributed by atoms with Crippen LogP contribution in [0, 0.1) is 5.92 Å². The van der Waals surface area contributed by atoms with Gasteiger partial charge >= 0.3 is 0 Å². The van der Waals surface area contributed by atoms with E-state index in [4.69, 9.17) is 0 Å². The molecule has 0 saturated carbocycles. The van der Waals surface area contributed by atoms with Crippen molar-refractivity contribution in [3.8, 4) is 0 Å². The van der Waals surface area contributed by atoms with E-state index in [1.54, 1.807) is 6.92 Å². The molecule has 0 aliphatic carbocycles. The van der Waals surface area contributed by atoms with Crippen molar-refractivity contribution in [2.45, 2.75) is 117 Å². The number of carbonyl (C=O) groups excluding carboxylic acids is 1. The highest BCUT2D eigenvalue weighted by Crippen LogP contribution is 2.15. The average Bonchev–Trinajstić information content (AvgIpc) is 2.57. The highest BCUT2D eigenvalue weighted by Gasteiger charge is 2.06. The Kier molecular flexibility index (Phi) is 19.4. The second-order valence-electron chi connectivity index (χ2n) is 7.54. The third-order valence-electron chi connectivity index (χ3n) is 4.95. The summed E-state index contributed by atoms with van der Waals surface area (Å²) in [6.45, 7) is 6.04. The molecule has 0 N–H and O–H groups in total. The Morgan fingerprint density at radius 1 is 0.708 bits per heavy atom. The number of Topliss-reactive ketones (excluding diaryl/α,β-unsaturated/α-hetero) is 1. The van der Waals surface area contributed by atoms with Crippen LogP contribution in [0.5, 0.6) is 0 Å². The first kappa shape index (κ1) is 24.0. The van der Waals surface area contributed by atoms with Crippen molar-refractivity contribution in [1.82, 2.24) is 0 Å². The van der Waals surface area contributed by atoms with Gasteiger partial charge in [0.25, 0.3) is 0 Å². The van der Waals surface area contributed by atoms with Crippen LogP contribution in [0.4, 0.5) is 0 Å². The maximum Gasteiger partial charge on any atom is 0.133 e. The van der Waals surface area contributed by atoms with E-state index in [2.05, 4.69) is 6.92 Å². The minimum atomic E-state index is 0.242. The van der Waals surface area contributed by atoms with Crippen molar-refractivity contribution < 1.29 is 4.79 Å². The third-order valence-corrected chi connectivity index (χ3v) is 6.27. The van der Waals surface area contributed by atoms with Gasteiger partial charge in [-0.05, 0) is 19.1 Å². The number of thioether (sulfide) groups is 1. The van der Waals surface area contributed by atoms with Gasteiger partial charge in [0.1, 0.15) is 5.78 Å². The molecule has 2 heteroatoms. The van der Waals surface area contributed by atoms with Crippen LogP contribution in [0.1, 0.15) is 117 Å². The van der Waals surface area contributed by atoms with E-state index >= 15 is 0 Å². The van der Waals surface area contributed by atoms with Gasteiger partial charge < -0.3 is 0 Å². The molecule has 0 aromatic carbocycles. The molecular formula is C22H44OS. The maximum absolute atomic E-state index is 11.1. The van der Waals surface area contributed by atoms with Gasteiger partial charge in [0.15, 0.2) is 0 Å². The zero-order valence-corrected chi connectivity index (χ0v) is 17.7. The molecule has 24 heavy (non-hydrogen) atoms. The first-order valence-electron chi connectivity index (χ1n) is 10.8. The van der Waals surface area contributed by atoms with Crippen molar-refractivity contribution in [2.24, 2.45) is 5.92 Å². The summed E-state index contributed by atoms with van der Waals surface area (Å²) in [4.78, 5) is 11.1. The Hall–Kier alpha value is 0.0200. The quantitative estimate of drug-likeness (QED) is 0.219. The number of unbranched alkanes of at least 4 members (excludes halogenated alkanes) is 14. The van der Waals surface area contributed by atoms with Crippen molar-refractivity contribution >= 4 is 17.5 Å². The molecular weight excluding hydrogens is 312 g/mol. The number of hydrogen-bond donors (Lipinski definition) is 0. The molecule has 0 amide bonds. The normalized spacial score (nSPS) is 12.5. The Morgan fingerprint density at radius 2 is 1.08 bits per heavy atom. The van der Waals surface area contributed by atoms with Gasteiger partial charge in [-0.25, -0.2) is 0 Å². The van der Waals surface area contributed by atoms with Crippen LogP contribution in [0.3, 0.4) is 0 Å². The van der Waals surface area contributed by atoms with Crippen LogP contribution in [0.2, 0.25) is 0 Å². The maximum atomic E-state index is 11.1. The highest BCUT2D eigenvalue weighted by molar-refractivity contribution is 7.99. The van der Waals surface area contributed by atoms with Crippen molar-refractivity contribution in [3.05, 3.63) is 0 Å². The predicted molar refractivity (Wildman–Crippen MR) is 112 cm³/mol. The third kappa shape index (κ3) is 18.4. The molecule has 144 valence electrons. The molecule has 1 atom stereocenters. The van der Waals surface area contributed by atoms with E-state index in [9.17, 15) is 4.79 Å². The van der Waals surface area contributed by atoms with E-state index in [1.807, 2.05) is 18.7 Å². The van der Waals surface area contributed by atoms with Crippen molar-refractivity contribution in [2.75, 3.05) is 11.5 Å². The lowest BCUT2D eigenvalue weighted by Crippen LogP contribution is -2.09. The standard InChI is InChI=1S/C22H44OS/c1-4-5-6-7-8-9-10-11-12-13-14-15-16-17-18-19-24-20-21(2)22(3)23/h21H,4-20H2,1-3H3. The summed E-state index contributed by atoms with van der Waals surface area (Å²) in [6.07, 6.45) is 21.4. The topological polar surface area (TPSA) is 17.1 Å². The average molecular weight is 357 g/mol. The molecule has 0 aromatic rings. The Bertz CT molecular complexity index is 265. The fourth-order valence-electron chi connectivity index (χ4n) is 2.95. The Labute approximate surface area is 157 Å². The summed E-state index contributed by atoms with van der Waals surface area (Å²) in [5.74, 6) is 2.81. The molecule has 0 bridgehead atoms. The fraction of sp³-hybridized carbons (Fsp3) is 0.955. The van der Waals surface area contributed by atoms with Crippen LogP contribution in [0.15, 0.2) is 0 Å². The summed E-state index contributed by atoms with van der Waals surface area (Å²) < 4.78 is 0. The minimum Gasteiger partial charge on any atom is -0.300 e. The van der Waals surface area contributed by atoms with E-state index < -0.39 is 0 Å². The molecule has 0 aromatic heterocycles. The molecule has 0 heterocycles. The summed E-state index contributed by atoms with van der Waals surface area (Å²) in [6, 6.07) is 0. The Morgan fingerprint density at radius 3 is 1.46 bits per heavy atom. The molecule has 0 saturated heterocycles. The van der Waals surface area contributed by atoms with E-state index in [0.29, 0.717) is 5.78 Å². The smallest absolute Gasteiger partial charge is 0.133 e. The predicted octanol–water partition coefficient (Wildman–Crippen LogP) is 7.82.